The molecule has 2 rings (SSSR count). The van der Waals surface area contributed by atoms with Crippen molar-refractivity contribution in [3.05, 3.63) is 50.6 Å². The van der Waals surface area contributed by atoms with Gasteiger partial charge in [0, 0.05) is 11.8 Å². The highest BCUT2D eigenvalue weighted by molar-refractivity contribution is 5.85. The summed E-state index contributed by atoms with van der Waals surface area (Å²) in [5.74, 6) is 0. The Kier molecular flexibility index (Phi) is 5.18. The number of hydrogen-bond donors (Lipinski definition) is 1. The molecule has 1 N–H and O–H groups in total. The van der Waals surface area contributed by atoms with Crippen molar-refractivity contribution in [3.8, 4) is 0 Å². The topological polar surface area (TPSA) is 111 Å². The molecule has 0 saturated carbocycles. The second-order valence-corrected chi connectivity index (χ2v) is 4.91. The van der Waals surface area contributed by atoms with E-state index in [-0.39, 0.29) is 17.1 Å². The molecule has 8 heteroatoms. The normalized spacial score (nSPS) is 18.3. The first-order chi connectivity index (χ1) is 10.6. The maximum Gasteiger partial charge on any atom is 0.301 e. The number of nitro benzene ring substituents is 2. The molecule has 1 aliphatic rings. The van der Waals surface area contributed by atoms with Crippen molar-refractivity contribution >= 4 is 22.8 Å². The third kappa shape index (κ3) is 4.11. The summed E-state index contributed by atoms with van der Waals surface area (Å²) in [6, 6.07) is 3.46. The van der Waals surface area contributed by atoms with Crippen molar-refractivity contribution in [2.75, 3.05) is 5.43 Å². The first kappa shape index (κ1) is 15.6. The molecule has 8 nitrogen and oxygen atoms in total. The third-order valence-corrected chi connectivity index (χ3v) is 3.33. The number of anilines is 1. The van der Waals surface area contributed by atoms with Crippen LogP contribution in [-0.2, 0) is 0 Å². The number of benzene rings is 1. The van der Waals surface area contributed by atoms with Gasteiger partial charge < -0.3 is 0 Å². The maximum absolute atomic E-state index is 11.0. The summed E-state index contributed by atoms with van der Waals surface area (Å²) in [6.45, 7) is 0. The number of nitrogens with zero attached hydrogens (tertiary/aromatic N) is 3. The average molecular weight is 304 g/mol. The summed E-state index contributed by atoms with van der Waals surface area (Å²) in [7, 11) is 0. The molecule has 22 heavy (non-hydrogen) atoms. The Bertz CT molecular complexity index is 640. The quantitative estimate of drug-likeness (QED) is 0.516. The van der Waals surface area contributed by atoms with E-state index in [9.17, 15) is 20.2 Å². The summed E-state index contributed by atoms with van der Waals surface area (Å²) < 4.78 is 0. The molecule has 0 heterocycles. The van der Waals surface area contributed by atoms with Crippen LogP contribution in [0.15, 0.2) is 35.5 Å². The van der Waals surface area contributed by atoms with Gasteiger partial charge in [0.1, 0.15) is 5.69 Å². The Hall–Kier alpha value is -2.77. The summed E-state index contributed by atoms with van der Waals surface area (Å²) in [4.78, 5) is 20.4. The number of hydrogen-bond acceptors (Lipinski definition) is 6. The monoisotopic (exact) mass is 304 g/mol. The van der Waals surface area contributed by atoms with E-state index >= 15 is 0 Å². The van der Waals surface area contributed by atoms with Crippen LogP contribution >= 0.6 is 0 Å². The molecule has 0 atom stereocenters. The van der Waals surface area contributed by atoms with Crippen molar-refractivity contribution < 1.29 is 9.85 Å². The summed E-state index contributed by atoms with van der Waals surface area (Å²) in [5.41, 5.74) is 3.10. The first-order valence-electron chi connectivity index (χ1n) is 6.97. The van der Waals surface area contributed by atoms with Gasteiger partial charge in [-0.3, -0.25) is 25.7 Å². The summed E-state index contributed by atoms with van der Waals surface area (Å²) in [6.07, 6.45) is 8.75. The standard InChI is InChI=1S/C14H16N4O4/c19-17(20)12-8-9-13(14(10-12)18(21)22)16-15-11-6-4-2-1-3-5-7-11/h1-2,8-10,16H,3-7H2/b2-1-,15-11-. The highest BCUT2D eigenvalue weighted by atomic mass is 16.6. The number of nitrogens with one attached hydrogen (secondary N) is 1. The van der Waals surface area contributed by atoms with Crippen LogP contribution in [0.1, 0.15) is 32.1 Å². The minimum Gasteiger partial charge on any atom is -0.272 e. The SMILES string of the molecule is O=[N+]([O-])c1ccc(N/N=C2/CC/C=C\CCC2)c([N+](=O)[O-])c1. The Morgan fingerprint density at radius 3 is 2.55 bits per heavy atom. The van der Waals surface area contributed by atoms with E-state index in [1.165, 1.54) is 12.1 Å². The minimum absolute atomic E-state index is 0.153. The van der Waals surface area contributed by atoms with Crippen molar-refractivity contribution in [3.63, 3.8) is 0 Å². The van der Waals surface area contributed by atoms with Crippen LogP contribution in [0.3, 0.4) is 0 Å². The van der Waals surface area contributed by atoms with Gasteiger partial charge in [0.2, 0.25) is 0 Å². The molecular formula is C14H16N4O4. The molecule has 0 radical (unpaired) electrons. The Morgan fingerprint density at radius 1 is 1.05 bits per heavy atom. The van der Waals surface area contributed by atoms with E-state index in [2.05, 4.69) is 22.7 Å². The fourth-order valence-corrected chi connectivity index (χ4v) is 2.16. The second-order valence-electron chi connectivity index (χ2n) is 4.91. The molecule has 0 amide bonds. The fourth-order valence-electron chi connectivity index (χ4n) is 2.16. The lowest BCUT2D eigenvalue weighted by atomic mass is 10.0. The van der Waals surface area contributed by atoms with Crippen molar-refractivity contribution in [1.29, 1.82) is 0 Å². The predicted octanol–water partition coefficient (Wildman–Crippen LogP) is 3.79. The number of hydrazone groups is 1. The molecule has 0 bridgehead atoms. The van der Waals surface area contributed by atoms with Gasteiger partial charge in [-0.05, 0) is 38.2 Å². The molecule has 1 aliphatic carbocycles. The van der Waals surface area contributed by atoms with Gasteiger partial charge in [-0.15, -0.1) is 0 Å². The van der Waals surface area contributed by atoms with Crippen LogP contribution in [0.25, 0.3) is 0 Å². The van der Waals surface area contributed by atoms with Gasteiger partial charge in [0.25, 0.3) is 5.69 Å². The van der Waals surface area contributed by atoms with Crippen molar-refractivity contribution in [2.45, 2.75) is 32.1 Å². The van der Waals surface area contributed by atoms with Gasteiger partial charge in [-0.1, -0.05) is 12.2 Å². The van der Waals surface area contributed by atoms with E-state index in [0.29, 0.717) is 0 Å². The predicted molar refractivity (Wildman–Crippen MR) is 83.0 cm³/mol. The summed E-state index contributed by atoms with van der Waals surface area (Å²) in [5, 5.41) is 26.0. The van der Waals surface area contributed by atoms with Crippen LogP contribution in [0.2, 0.25) is 0 Å². The van der Waals surface area contributed by atoms with Gasteiger partial charge in [-0.2, -0.15) is 5.10 Å². The lowest BCUT2D eigenvalue weighted by Gasteiger charge is -2.08. The average Bonchev–Trinajstić information content (AvgIpc) is 2.45. The van der Waals surface area contributed by atoms with Crippen LogP contribution < -0.4 is 5.43 Å². The van der Waals surface area contributed by atoms with Crippen LogP contribution in [0.5, 0.6) is 0 Å². The molecule has 116 valence electrons. The summed E-state index contributed by atoms with van der Waals surface area (Å²) >= 11 is 0. The molecule has 0 aromatic heterocycles. The molecule has 0 fully saturated rings. The Morgan fingerprint density at radius 2 is 1.82 bits per heavy atom. The molecule has 0 aliphatic heterocycles. The highest BCUT2D eigenvalue weighted by Gasteiger charge is 2.19. The van der Waals surface area contributed by atoms with E-state index < -0.39 is 9.85 Å². The van der Waals surface area contributed by atoms with Crippen LogP contribution in [0.4, 0.5) is 17.1 Å². The van der Waals surface area contributed by atoms with Gasteiger partial charge >= 0.3 is 5.69 Å². The van der Waals surface area contributed by atoms with E-state index in [4.69, 9.17) is 0 Å². The van der Waals surface area contributed by atoms with Gasteiger partial charge in [-0.25, -0.2) is 0 Å². The Labute approximate surface area is 126 Å². The van der Waals surface area contributed by atoms with E-state index in [1.807, 2.05) is 0 Å². The highest BCUT2D eigenvalue weighted by Crippen LogP contribution is 2.29. The number of non-ortho nitro benzene ring substituents is 1. The van der Waals surface area contributed by atoms with E-state index in [1.54, 1.807) is 0 Å². The minimum atomic E-state index is -0.663. The van der Waals surface area contributed by atoms with E-state index in [0.717, 1.165) is 43.9 Å². The lowest BCUT2D eigenvalue weighted by molar-refractivity contribution is -0.393. The van der Waals surface area contributed by atoms with Crippen LogP contribution in [-0.4, -0.2) is 15.6 Å². The number of rotatable bonds is 4. The molecule has 0 saturated heterocycles. The van der Waals surface area contributed by atoms with Crippen LogP contribution in [0, 0.1) is 20.2 Å². The molecule has 1 aromatic rings. The largest absolute Gasteiger partial charge is 0.301 e. The Balaban J connectivity index is 2.19. The zero-order chi connectivity index (χ0) is 15.9. The lowest BCUT2D eigenvalue weighted by Crippen LogP contribution is -2.05. The number of nitro groups is 2. The molecule has 1 aromatic carbocycles. The first-order valence-corrected chi connectivity index (χ1v) is 6.97. The van der Waals surface area contributed by atoms with Gasteiger partial charge in [0.05, 0.1) is 15.9 Å². The molecular weight excluding hydrogens is 288 g/mol. The zero-order valence-corrected chi connectivity index (χ0v) is 11.9. The third-order valence-electron chi connectivity index (χ3n) is 3.33. The fraction of sp³-hybridized carbons (Fsp3) is 0.357. The van der Waals surface area contributed by atoms with Crippen molar-refractivity contribution in [1.82, 2.24) is 0 Å². The number of allylic oxidation sites excluding steroid dienone is 2. The second kappa shape index (κ2) is 7.30. The maximum atomic E-state index is 11.0. The molecule has 0 spiro atoms. The molecule has 0 unspecified atom stereocenters. The van der Waals surface area contributed by atoms with Crippen molar-refractivity contribution in [2.24, 2.45) is 5.10 Å². The zero-order valence-electron chi connectivity index (χ0n) is 11.9. The smallest absolute Gasteiger partial charge is 0.272 e. The van der Waals surface area contributed by atoms with Gasteiger partial charge in [0.15, 0.2) is 0 Å².